The van der Waals surface area contributed by atoms with Gasteiger partial charge in [0.1, 0.15) is 18.2 Å². The number of halogens is 3. The summed E-state index contributed by atoms with van der Waals surface area (Å²) < 4.78 is 42.2. The molecule has 0 spiro atoms. The summed E-state index contributed by atoms with van der Waals surface area (Å²) in [6, 6.07) is 19.5. The van der Waals surface area contributed by atoms with Gasteiger partial charge in [-0.1, -0.05) is 60.3 Å². The molecule has 11 heteroatoms. The average Bonchev–Trinajstić information content (AvgIpc) is 3.41. The topological polar surface area (TPSA) is 88.5 Å². The van der Waals surface area contributed by atoms with Gasteiger partial charge in [0.2, 0.25) is 5.91 Å². The fraction of sp³-hybridized carbons (Fsp3) is 0.130. The summed E-state index contributed by atoms with van der Waals surface area (Å²) >= 11 is 0.876. The molecule has 2 aromatic carbocycles. The number of para-hydroxylation sites is 1. The molecule has 172 valence electrons. The number of amides is 1. The van der Waals surface area contributed by atoms with Gasteiger partial charge in [-0.05, 0) is 17.7 Å². The molecule has 1 amide bonds. The van der Waals surface area contributed by atoms with Crippen molar-refractivity contribution in [3.05, 3.63) is 78.6 Å². The number of aromatic nitrogens is 4. The monoisotopic (exact) mass is 482 g/mol. The van der Waals surface area contributed by atoms with E-state index < -0.39 is 18.6 Å². The first kappa shape index (κ1) is 23.1. The molecule has 1 N–H and O–H groups in total. The molecule has 4 aromatic rings. The van der Waals surface area contributed by atoms with Gasteiger partial charge in [0.15, 0.2) is 11.0 Å². The maximum Gasteiger partial charge on any atom is 0.406 e. The molecule has 0 fully saturated rings. The number of rotatable bonds is 7. The number of imidazole rings is 1. The van der Waals surface area contributed by atoms with E-state index in [1.807, 2.05) is 12.1 Å². The summed E-state index contributed by atoms with van der Waals surface area (Å²) in [4.78, 5) is 16.8. The molecule has 0 radical (unpaired) electrons. The average molecular weight is 482 g/mol. The van der Waals surface area contributed by atoms with Crippen LogP contribution in [0, 0.1) is 11.3 Å². The smallest absolute Gasteiger partial charge is 0.310 e. The van der Waals surface area contributed by atoms with Crippen molar-refractivity contribution >= 4 is 23.5 Å². The van der Waals surface area contributed by atoms with Crippen molar-refractivity contribution in [3.8, 4) is 23.0 Å². The van der Waals surface area contributed by atoms with Crippen molar-refractivity contribution in [3.63, 3.8) is 0 Å². The fourth-order valence-corrected chi connectivity index (χ4v) is 4.04. The zero-order valence-corrected chi connectivity index (χ0v) is 18.3. The Morgan fingerprint density at radius 2 is 1.74 bits per heavy atom. The summed E-state index contributed by atoms with van der Waals surface area (Å²) in [6.45, 7) is -1.24. The zero-order chi connectivity index (χ0) is 24.1. The van der Waals surface area contributed by atoms with Crippen LogP contribution in [0.3, 0.4) is 0 Å². The summed E-state index contributed by atoms with van der Waals surface area (Å²) in [6.07, 6.45) is -1.77. The minimum absolute atomic E-state index is 0.0587. The molecule has 0 saturated heterocycles. The predicted octanol–water partition coefficient (Wildman–Crippen LogP) is 4.90. The Labute approximate surface area is 196 Å². The first-order valence-corrected chi connectivity index (χ1v) is 11.0. The van der Waals surface area contributed by atoms with Crippen LogP contribution in [0.2, 0.25) is 0 Å². The summed E-state index contributed by atoms with van der Waals surface area (Å²) in [7, 11) is 0. The first-order valence-electron chi connectivity index (χ1n) is 9.99. The highest BCUT2D eigenvalue weighted by Crippen LogP contribution is 2.30. The second-order valence-electron chi connectivity index (χ2n) is 7.10. The van der Waals surface area contributed by atoms with Gasteiger partial charge in [-0.2, -0.15) is 23.5 Å². The number of hydrogen-bond donors (Lipinski definition) is 1. The van der Waals surface area contributed by atoms with Crippen LogP contribution < -0.4 is 5.32 Å². The standard InChI is InChI=1S/C23H17F3N6OS/c24-23(25,26)15-31-19(16-7-3-1-4-8-16)13-28-22(31)34-14-20(33)30-21-17(11-27)12-29-32(21)18-9-5-2-6-10-18/h1-10,12-13H,14-15H2,(H,30,33). The normalized spacial score (nSPS) is 11.2. The molecular formula is C23H17F3N6OS. The number of nitrogens with zero attached hydrogens (tertiary/aromatic N) is 5. The SMILES string of the molecule is N#Cc1cnn(-c2ccccc2)c1NC(=O)CSc1ncc(-c2ccccc2)n1CC(F)(F)F. The number of thioether (sulfide) groups is 1. The molecule has 0 aliphatic rings. The third-order valence-electron chi connectivity index (χ3n) is 4.71. The predicted molar refractivity (Wildman–Crippen MR) is 121 cm³/mol. The number of hydrogen-bond acceptors (Lipinski definition) is 5. The van der Waals surface area contributed by atoms with Crippen LogP contribution in [0.25, 0.3) is 16.9 Å². The Balaban J connectivity index is 1.54. The third-order valence-corrected chi connectivity index (χ3v) is 5.70. The van der Waals surface area contributed by atoms with E-state index in [0.29, 0.717) is 16.9 Å². The van der Waals surface area contributed by atoms with E-state index in [-0.39, 0.29) is 22.3 Å². The van der Waals surface area contributed by atoms with Crippen LogP contribution in [0.5, 0.6) is 0 Å². The number of carbonyl (C=O) groups is 1. The van der Waals surface area contributed by atoms with E-state index in [0.717, 1.165) is 16.3 Å². The Kier molecular flexibility index (Phi) is 6.70. The zero-order valence-electron chi connectivity index (χ0n) is 17.5. The van der Waals surface area contributed by atoms with Crippen molar-refractivity contribution in [2.75, 3.05) is 11.1 Å². The van der Waals surface area contributed by atoms with Gasteiger partial charge in [-0.15, -0.1) is 0 Å². The molecule has 4 rings (SSSR count). The van der Waals surface area contributed by atoms with Crippen LogP contribution in [0.15, 0.2) is 78.2 Å². The van der Waals surface area contributed by atoms with Gasteiger partial charge < -0.3 is 9.88 Å². The van der Waals surface area contributed by atoms with E-state index in [1.54, 1.807) is 54.6 Å². The van der Waals surface area contributed by atoms with E-state index in [1.165, 1.54) is 17.1 Å². The molecule has 2 heterocycles. The highest BCUT2D eigenvalue weighted by molar-refractivity contribution is 7.99. The lowest BCUT2D eigenvalue weighted by atomic mass is 10.2. The van der Waals surface area contributed by atoms with Crippen molar-refractivity contribution in [2.45, 2.75) is 17.9 Å². The van der Waals surface area contributed by atoms with Gasteiger partial charge in [-0.25, -0.2) is 9.67 Å². The third kappa shape index (κ3) is 5.29. The van der Waals surface area contributed by atoms with Crippen LogP contribution in [-0.4, -0.2) is 37.2 Å². The van der Waals surface area contributed by atoms with Gasteiger partial charge in [-0.3, -0.25) is 4.79 Å². The van der Waals surface area contributed by atoms with E-state index >= 15 is 0 Å². The number of alkyl halides is 3. The van der Waals surface area contributed by atoms with Gasteiger partial charge in [0.05, 0.1) is 29.5 Å². The number of nitriles is 1. The van der Waals surface area contributed by atoms with Crippen molar-refractivity contribution in [1.29, 1.82) is 5.26 Å². The summed E-state index contributed by atoms with van der Waals surface area (Å²) in [5.74, 6) is -0.543. The Bertz CT molecular complexity index is 1330. The molecule has 34 heavy (non-hydrogen) atoms. The lowest BCUT2D eigenvalue weighted by molar-refractivity contribution is -0.141. The molecule has 2 aromatic heterocycles. The molecule has 0 saturated carbocycles. The second-order valence-corrected chi connectivity index (χ2v) is 8.04. The second kappa shape index (κ2) is 9.84. The van der Waals surface area contributed by atoms with Crippen molar-refractivity contribution in [2.24, 2.45) is 0 Å². The maximum atomic E-state index is 13.3. The Morgan fingerprint density at radius 1 is 1.06 bits per heavy atom. The summed E-state index contributed by atoms with van der Waals surface area (Å²) in [5, 5.41) is 16.2. The molecule has 0 aliphatic carbocycles. The largest absolute Gasteiger partial charge is 0.406 e. The number of benzene rings is 2. The van der Waals surface area contributed by atoms with E-state index in [2.05, 4.69) is 15.4 Å². The van der Waals surface area contributed by atoms with Gasteiger partial charge in [0.25, 0.3) is 0 Å². The van der Waals surface area contributed by atoms with Crippen molar-refractivity contribution < 1.29 is 18.0 Å². The molecular weight excluding hydrogens is 465 g/mol. The number of nitrogens with one attached hydrogen (secondary N) is 1. The highest BCUT2D eigenvalue weighted by Gasteiger charge is 2.31. The Morgan fingerprint density at radius 3 is 2.38 bits per heavy atom. The summed E-state index contributed by atoms with van der Waals surface area (Å²) in [5.41, 5.74) is 1.68. The minimum Gasteiger partial charge on any atom is -0.310 e. The van der Waals surface area contributed by atoms with Crippen molar-refractivity contribution in [1.82, 2.24) is 19.3 Å². The maximum absolute atomic E-state index is 13.3. The molecule has 7 nitrogen and oxygen atoms in total. The lowest BCUT2D eigenvalue weighted by Gasteiger charge is -2.14. The molecule has 0 atom stereocenters. The van der Waals surface area contributed by atoms with Crippen LogP contribution in [0.4, 0.5) is 19.0 Å². The molecule has 0 bridgehead atoms. The molecule has 0 unspecified atom stereocenters. The molecule has 0 aliphatic heterocycles. The lowest BCUT2D eigenvalue weighted by Crippen LogP contribution is -2.20. The minimum atomic E-state index is -4.47. The Hall–Kier alpha value is -4.04. The highest BCUT2D eigenvalue weighted by atomic mass is 32.2. The number of anilines is 1. The van der Waals surface area contributed by atoms with Crippen LogP contribution in [0.1, 0.15) is 5.56 Å². The van der Waals surface area contributed by atoms with Crippen LogP contribution >= 0.6 is 11.8 Å². The first-order chi connectivity index (χ1) is 16.4. The van der Waals surface area contributed by atoms with Crippen LogP contribution in [-0.2, 0) is 11.3 Å². The van der Waals surface area contributed by atoms with Gasteiger partial charge in [0, 0.05) is 0 Å². The quantitative estimate of drug-likeness (QED) is 0.379. The number of carbonyl (C=O) groups excluding carboxylic acids is 1. The van der Waals surface area contributed by atoms with E-state index in [4.69, 9.17) is 0 Å². The van der Waals surface area contributed by atoms with Gasteiger partial charge >= 0.3 is 6.18 Å². The van der Waals surface area contributed by atoms with E-state index in [9.17, 15) is 23.2 Å². The fourth-order valence-electron chi connectivity index (χ4n) is 3.26.